The molecule has 132 valence electrons. The Morgan fingerprint density at radius 2 is 0.818 bits per heavy atom. The van der Waals surface area contributed by atoms with E-state index >= 15 is 0 Å². The van der Waals surface area contributed by atoms with E-state index in [-0.39, 0.29) is 0 Å². The van der Waals surface area contributed by atoms with Gasteiger partial charge in [-0.2, -0.15) is 10.2 Å². The van der Waals surface area contributed by atoms with Crippen LogP contribution in [0.4, 0.5) is 0 Å². The highest BCUT2D eigenvalue weighted by Gasteiger charge is 2.03. The van der Waals surface area contributed by atoms with Crippen LogP contribution in [-0.2, 0) is 0 Å². The molecule has 0 aromatic heterocycles. The molecule has 0 spiro atoms. The van der Waals surface area contributed by atoms with Crippen LogP contribution in [0.3, 0.4) is 0 Å². The van der Waals surface area contributed by atoms with Crippen LogP contribution in [0.25, 0.3) is 0 Å². The van der Waals surface area contributed by atoms with Gasteiger partial charge in [-0.25, -0.2) is 0 Å². The van der Waals surface area contributed by atoms with Crippen molar-refractivity contribution in [1.29, 1.82) is 0 Å². The standard InChI is InChI=1S/2C9H20N2/c2*1-7(2)9(5)10-11(6)8(3)4/h2*7-8H,1-6H3. The highest BCUT2D eigenvalue weighted by molar-refractivity contribution is 5.83. The third-order valence-corrected chi connectivity index (χ3v) is 3.80. The molecule has 0 saturated carbocycles. The Hall–Kier alpha value is -1.06. The van der Waals surface area contributed by atoms with Gasteiger partial charge in [-0.1, -0.05) is 27.7 Å². The first-order valence-corrected chi connectivity index (χ1v) is 8.45. The highest BCUT2D eigenvalue weighted by Crippen LogP contribution is 2.01. The summed E-state index contributed by atoms with van der Waals surface area (Å²) in [5, 5.41) is 12.8. The number of rotatable bonds is 6. The summed E-state index contributed by atoms with van der Waals surface area (Å²) in [6.45, 7) is 21.3. The molecular weight excluding hydrogens is 272 g/mol. The van der Waals surface area contributed by atoms with Crippen molar-refractivity contribution in [3.05, 3.63) is 0 Å². The van der Waals surface area contributed by atoms with Gasteiger partial charge in [0.25, 0.3) is 0 Å². The lowest BCUT2D eigenvalue weighted by atomic mass is 10.1. The van der Waals surface area contributed by atoms with Gasteiger partial charge in [-0.15, -0.1) is 0 Å². The van der Waals surface area contributed by atoms with Crippen molar-refractivity contribution < 1.29 is 0 Å². The Morgan fingerprint density at radius 3 is 0.955 bits per heavy atom. The van der Waals surface area contributed by atoms with Crippen molar-refractivity contribution in [2.45, 2.75) is 81.3 Å². The minimum Gasteiger partial charge on any atom is -0.298 e. The van der Waals surface area contributed by atoms with Gasteiger partial charge in [-0.3, -0.25) is 10.0 Å². The highest BCUT2D eigenvalue weighted by atomic mass is 15.5. The quantitative estimate of drug-likeness (QED) is 0.525. The zero-order valence-electron chi connectivity index (χ0n) is 17.1. The SMILES string of the molecule is CC(=NN(C)C(C)C)C(C)C.CC(=NN(C)C(C)C)C(C)C. The topological polar surface area (TPSA) is 31.2 Å². The summed E-state index contributed by atoms with van der Waals surface area (Å²) in [5.74, 6) is 1.10. The van der Waals surface area contributed by atoms with E-state index in [2.05, 4.69) is 79.4 Å². The van der Waals surface area contributed by atoms with E-state index in [4.69, 9.17) is 0 Å². The number of hydrogen-bond donors (Lipinski definition) is 0. The molecule has 0 saturated heterocycles. The third kappa shape index (κ3) is 11.6. The summed E-state index contributed by atoms with van der Waals surface area (Å²) in [7, 11) is 4.02. The van der Waals surface area contributed by atoms with Gasteiger partial charge in [0, 0.05) is 37.6 Å². The molecule has 0 fully saturated rings. The van der Waals surface area contributed by atoms with Crippen molar-refractivity contribution in [3.8, 4) is 0 Å². The Balaban J connectivity index is 0. The molecule has 0 heterocycles. The van der Waals surface area contributed by atoms with Crippen molar-refractivity contribution in [2.24, 2.45) is 22.0 Å². The largest absolute Gasteiger partial charge is 0.298 e. The van der Waals surface area contributed by atoms with Crippen LogP contribution < -0.4 is 0 Å². The molecule has 22 heavy (non-hydrogen) atoms. The van der Waals surface area contributed by atoms with E-state index < -0.39 is 0 Å². The first-order chi connectivity index (χ1) is 9.89. The van der Waals surface area contributed by atoms with Crippen LogP contribution in [0.15, 0.2) is 10.2 Å². The number of hydrogen-bond acceptors (Lipinski definition) is 4. The normalized spacial score (nSPS) is 12.9. The zero-order chi connectivity index (χ0) is 18.0. The van der Waals surface area contributed by atoms with E-state index in [0.717, 1.165) is 0 Å². The molecule has 4 heteroatoms. The molecule has 0 aliphatic rings. The zero-order valence-corrected chi connectivity index (χ0v) is 17.1. The molecule has 4 nitrogen and oxygen atoms in total. The number of hydrazone groups is 2. The number of nitrogens with zero attached hydrogens (tertiary/aromatic N) is 4. The monoisotopic (exact) mass is 312 g/mol. The van der Waals surface area contributed by atoms with Crippen LogP contribution >= 0.6 is 0 Å². The average Bonchev–Trinajstić information content (AvgIpc) is 2.38. The van der Waals surface area contributed by atoms with Crippen molar-refractivity contribution in [1.82, 2.24) is 10.0 Å². The molecule has 0 atom stereocenters. The maximum atomic E-state index is 4.43. The predicted octanol–water partition coefficient (Wildman–Crippen LogP) is 4.72. The minimum absolute atomic E-state index is 0.490. The molecule has 0 aliphatic heterocycles. The Kier molecular flexibility index (Phi) is 12.1. The van der Waals surface area contributed by atoms with E-state index in [0.29, 0.717) is 23.9 Å². The molecular formula is C18H40N4. The summed E-state index contributed by atoms with van der Waals surface area (Å²) >= 11 is 0. The van der Waals surface area contributed by atoms with Crippen molar-refractivity contribution >= 4 is 11.4 Å². The summed E-state index contributed by atoms with van der Waals surface area (Å²) in [4.78, 5) is 0. The predicted molar refractivity (Wildman–Crippen MR) is 102 cm³/mol. The van der Waals surface area contributed by atoms with Gasteiger partial charge < -0.3 is 0 Å². The lowest BCUT2D eigenvalue weighted by Gasteiger charge is -2.19. The molecule has 0 amide bonds. The summed E-state index contributed by atoms with van der Waals surface area (Å²) in [6.07, 6.45) is 0. The second-order valence-electron chi connectivity index (χ2n) is 7.13. The van der Waals surface area contributed by atoms with Crippen LogP contribution in [0.1, 0.15) is 69.2 Å². The molecule has 0 radical (unpaired) electrons. The van der Waals surface area contributed by atoms with E-state index in [1.54, 1.807) is 0 Å². The van der Waals surface area contributed by atoms with E-state index in [9.17, 15) is 0 Å². The molecule has 0 N–H and O–H groups in total. The van der Waals surface area contributed by atoms with Gasteiger partial charge in [0.05, 0.1) is 0 Å². The fraction of sp³-hybridized carbons (Fsp3) is 0.889. The maximum absolute atomic E-state index is 4.43. The lowest BCUT2D eigenvalue weighted by Crippen LogP contribution is -2.22. The first-order valence-electron chi connectivity index (χ1n) is 8.45. The second-order valence-corrected chi connectivity index (χ2v) is 7.13. The molecule has 0 aliphatic carbocycles. The lowest BCUT2D eigenvalue weighted by molar-refractivity contribution is 0.286. The molecule has 0 aromatic rings. The summed E-state index contributed by atoms with van der Waals surface area (Å²) < 4.78 is 0. The van der Waals surface area contributed by atoms with E-state index in [1.165, 1.54) is 11.4 Å². The van der Waals surface area contributed by atoms with Gasteiger partial charge in [0.15, 0.2) is 0 Å². The third-order valence-electron chi connectivity index (χ3n) is 3.80. The van der Waals surface area contributed by atoms with Gasteiger partial charge >= 0.3 is 0 Å². The average molecular weight is 313 g/mol. The fourth-order valence-electron chi connectivity index (χ4n) is 0.959. The minimum atomic E-state index is 0.490. The van der Waals surface area contributed by atoms with Gasteiger partial charge in [0.1, 0.15) is 0 Å². The van der Waals surface area contributed by atoms with Gasteiger partial charge in [0.2, 0.25) is 0 Å². The smallest absolute Gasteiger partial charge is 0.0411 e. The molecule has 0 rings (SSSR count). The fourth-order valence-corrected chi connectivity index (χ4v) is 0.959. The van der Waals surface area contributed by atoms with Crippen molar-refractivity contribution in [3.63, 3.8) is 0 Å². The van der Waals surface area contributed by atoms with E-state index in [1.807, 2.05) is 24.1 Å². The maximum Gasteiger partial charge on any atom is 0.0411 e. The summed E-state index contributed by atoms with van der Waals surface area (Å²) in [6, 6.07) is 0.979. The Labute approximate surface area is 139 Å². The van der Waals surface area contributed by atoms with Gasteiger partial charge in [-0.05, 0) is 53.4 Å². The van der Waals surface area contributed by atoms with Crippen LogP contribution in [0.5, 0.6) is 0 Å². The molecule has 0 unspecified atom stereocenters. The van der Waals surface area contributed by atoms with Crippen molar-refractivity contribution in [2.75, 3.05) is 14.1 Å². The summed E-state index contributed by atoms with van der Waals surface area (Å²) in [5.41, 5.74) is 2.39. The Bertz CT molecular complexity index is 307. The second kappa shape index (κ2) is 11.5. The van der Waals surface area contributed by atoms with Crippen LogP contribution in [0.2, 0.25) is 0 Å². The first kappa shape index (κ1) is 23.2. The molecule has 0 bridgehead atoms. The molecule has 0 aromatic carbocycles. The Morgan fingerprint density at radius 1 is 0.591 bits per heavy atom. The van der Waals surface area contributed by atoms with Crippen LogP contribution in [0, 0.1) is 11.8 Å². The van der Waals surface area contributed by atoms with Crippen LogP contribution in [-0.4, -0.2) is 47.6 Å².